The van der Waals surface area contributed by atoms with Crippen LogP contribution in [0.15, 0.2) is 34.9 Å². The third kappa shape index (κ3) is 2.97. The van der Waals surface area contributed by atoms with Crippen molar-refractivity contribution in [3.05, 3.63) is 34.9 Å². The van der Waals surface area contributed by atoms with E-state index in [1.165, 1.54) is 10.8 Å². The molecule has 90 valence electrons. The third-order valence-corrected chi connectivity index (χ3v) is 3.46. The largest absolute Gasteiger partial charge is 0.370 e. The number of aromatic nitrogens is 1. The molecule has 0 aliphatic carbocycles. The molecular weight excluding hydrogens is 276 g/mol. The summed E-state index contributed by atoms with van der Waals surface area (Å²) in [7, 11) is 0. The Morgan fingerprint density at radius 2 is 2.06 bits per heavy atom. The lowest BCUT2D eigenvalue weighted by atomic mass is 10.1. The number of rotatable bonds is 4. The first-order valence-electron chi connectivity index (χ1n) is 5.95. The molecule has 1 aromatic heterocycles. The number of benzene rings is 1. The van der Waals surface area contributed by atoms with Gasteiger partial charge < -0.3 is 5.32 Å². The minimum Gasteiger partial charge on any atom is -0.370 e. The molecule has 0 bridgehead atoms. The first-order valence-corrected chi connectivity index (χ1v) is 6.75. The first kappa shape index (κ1) is 12.4. The first-order chi connectivity index (χ1) is 8.18. The molecule has 2 aromatic rings. The molecule has 0 amide bonds. The highest BCUT2D eigenvalue weighted by molar-refractivity contribution is 9.10. The van der Waals surface area contributed by atoms with Crippen molar-refractivity contribution >= 4 is 32.5 Å². The van der Waals surface area contributed by atoms with E-state index in [2.05, 4.69) is 52.2 Å². The van der Waals surface area contributed by atoms with Crippen LogP contribution in [0.1, 0.15) is 20.3 Å². The molecule has 1 N–H and O–H groups in total. The van der Waals surface area contributed by atoms with Gasteiger partial charge in [0.1, 0.15) is 5.82 Å². The van der Waals surface area contributed by atoms with E-state index in [9.17, 15) is 0 Å². The number of pyridine rings is 1. The summed E-state index contributed by atoms with van der Waals surface area (Å²) in [6.45, 7) is 5.43. The molecule has 0 atom stereocenters. The monoisotopic (exact) mass is 292 g/mol. The fourth-order valence-electron chi connectivity index (χ4n) is 1.79. The van der Waals surface area contributed by atoms with Gasteiger partial charge in [-0.15, -0.1) is 0 Å². The lowest BCUT2D eigenvalue weighted by Gasteiger charge is -2.10. The lowest BCUT2D eigenvalue weighted by Crippen LogP contribution is -2.06. The summed E-state index contributed by atoms with van der Waals surface area (Å²) in [5.41, 5.74) is 0. The molecule has 0 fully saturated rings. The molecule has 2 rings (SSSR count). The van der Waals surface area contributed by atoms with E-state index in [0.29, 0.717) is 5.92 Å². The quantitative estimate of drug-likeness (QED) is 0.900. The van der Waals surface area contributed by atoms with Crippen LogP contribution in [0.2, 0.25) is 0 Å². The maximum absolute atomic E-state index is 4.41. The molecule has 0 unspecified atom stereocenters. The van der Waals surface area contributed by atoms with Crippen LogP contribution in [0, 0.1) is 5.92 Å². The van der Waals surface area contributed by atoms with Gasteiger partial charge in [-0.1, -0.05) is 41.9 Å². The molecule has 0 aliphatic rings. The Morgan fingerprint density at radius 1 is 1.24 bits per heavy atom. The van der Waals surface area contributed by atoms with Crippen molar-refractivity contribution in [2.45, 2.75) is 20.3 Å². The average Bonchev–Trinajstić information content (AvgIpc) is 2.30. The molecule has 2 nitrogen and oxygen atoms in total. The highest BCUT2D eigenvalue weighted by atomic mass is 79.9. The zero-order valence-electron chi connectivity index (χ0n) is 10.2. The summed E-state index contributed by atoms with van der Waals surface area (Å²) in [6, 6.07) is 8.24. The average molecular weight is 293 g/mol. The summed E-state index contributed by atoms with van der Waals surface area (Å²) in [5.74, 6) is 1.69. The van der Waals surface area contributed by atoms with E-state index in [1.54, 1.807) is 0 Å². The van der Waals surface area contributed by atoms with Crippen molar-refractivity contribution < 1.29 is 0 Å². The van der Waals surface area contributed by atoms with E-state index < -0.39 is 0 Å². The number of nitrogens with zero attached hydrogens (tertiary/aromatic N) is 1. The SMILES string of the molecule is CC(C)CCNc1nccc2c(Br)cccc12. The van der Waals surface area contributed by atoms with Crippen molar-refractivity contribution in [1.82, 2.24) is 4.98 Å². The van der Waals surface area contributed by atoms with Gasteiger partial charge in [-0.05, 0) is 24.5 Å². The molecule has 0 radical (unpaired) electrons. The van der Waals surface area contributed by atoms with E-state index in [4.69, 9.17) is 0 Å². The molecule has 0 spiro atoms. The fourth-order valence-corrected chi connectivity index (χ4v) is 2.29. The Balaban J connectivity index is 2.25. The van der Waals surface area contributed by atoms with Crippen LogP contribution in [0.4, 0.5) is 5.82 Å². The van der Waals surface area contributed by atoms with Crippen LogP contribution < -0.4 is 5.32 Å². The van der Waals surface area contributed by atoms with E-state index >= 15 is 0 Å². The topological polar surface area (TPSA) is 24.9 Å². The summed E-state index contributed by atoms with van der Waals surface area (Å²) >= 11 is 3.57. The molecule has 1 heterocycles. The molecule has 1 aromatic carbocycles. The molecule has 0 aliphatic heterocycles. The summed E-state index contributed by atoms with van der Waals surface area (Å²) in [4.78, 5) is 4.41. The second kappa shape index (κ2) is 5.50. The minimum absolute atomic E-state index is 0.712. The highest BCUT2D eigenvalue weighted by Gasteiger charge is 2.04. The summed E-state index contributed by atoms with van der Waals surface area (Å²) in [5, 5.41) is 5.79. The summed E-state index contributed by atoms with van der Waals surface area (Å²) in [6.07, 6.45) is 3.01. The van der Waals surface area contributed by atoms with Crippen LogP contribution in [-0.2, 0) is 0 Å². The van der Waals surface area contributed by atoms with Crippen molar-refractivity contribution in [2.24, 2.45) is 5.92 Å². The predicted molar refractivity (Wildman–Crippen MR) is 77.4 cm³/mol. The number of halogens is 1. The molecule has 3 heteroatoms. The van der Waals surface area contributed by atoms with Gasteiger partial charge in [0.15, 0.2) is 0 Å². The number of fused-ring (bicyclic) bond motifs is 1. The third-order valence-electron chi connectivity index (χ3n) is 2.77. The Labute approximate surface area is 111 Å². The molecule has 0 saturated heterocycles. The maximum Gasteiger partial charge on any atom is 0.133 e. The van der Waals surface area contributed by atoms with Crippen LogP contribution in [-0.4, -0.2) is 11.5 Å². The smallest absolute Gasteiger partial charge is 0.133 e. The van der Waals surface area contributed by atoms with Gasteiger partial charge in [0.05, 0.1) is 0 Å². The van der Waals surface area contributed by atoms with Crippen molar-refractivity contribution in [1.29, 1.82) is 0 Å². The van der Waals surface area contributed by atoms with Gasteiger partial charge in [-0.3, -0.25) is 0 Å². The molecule has 0 saturated carbocycles. The second-order valence-corrected chi connectivity index (χ2v) is 5.46. The van der Waals surface area contributed by atoms with Gasteiger partial charge in [0.2, 0.25) is 0 Å². The summed E-state index contributed by atoms with van der Waals surface area (Å²) < 4.78 is 1.12. The zero-order valence-corrected chi connectivity index (χ0v) is 11.8. The van der Waals surface area contributed by atoms with Crippen molar-refractivity contribution in [3.63, 3.8) is 0 Å². The van der Waals surface area contributed by atoms with Gasteiger partial charge in [-0.2, -0.15) is 0 Å². The molecule has 17 heavy (non-hydrogen) atoms. The Kier molecular flexibility index (Phi) is 4.00. The van der Waals surface area contributed by atoms with E-state index in [1.807, 2.05) is 18.3 Å². The van der Waals surface area contributed by atoms with Gasteiger partial charge in [0.25, 0.3) is 0 Å². The van der Waals surface area contributed by atoms with Crippen molar-refractivity contribution in [3.8, 4) is 0 Å². The maximum atomic E-state index is 4.41. The number of hydrogen-bond acceptors (Lipinski definition) is 2. The van der Waals surface area contributed by atoms with Crippen LogP contribution in [0.5, 0.6) is 0 Å². The predicted octanol–water partition coefficient (Wildman–Crippen LogP) is 4.46. The zero-order chi connectivity index (χ0) is 12.3. The lowest BCUT2D eigenvalue weighted by molar-refractivity contribution is 0.607. The van der Waals surface area contributed by atoms with Gasteiger partial charge in [-0.25, -0.2) is 4.98 Å². The van der Waals surface area contributed by atoms with Crippen molar-refractivity contribution in [2.75, 3.05) is 11.9 Å². The Hall–Kier alpha value is -1.09. The number of anilines is 1. The fraction of sp³-hybridized carbons (Fsp3) is 0.357. The highest BCUT2D eigenvalue weighted by Crippen LogP contribution is 2.27. The standard InChI is InChI=1S/C14H17BrN2/c1-10(2)6-8-16-14-12-4-3-5-13(15)11(12)7-9-17-14/h3-5,7,9-10H,6,8H2,1-2H3,(H,16,17). The Morgan fingerprint density at radius 3 is 2.82 bits per heavy atom. The molecular formula is C14H17BrN2. The van der Waals surface area contributed by atoms with Gasteiger partial charge in [0, 0.05) is 28.0 Å². The van der Waals surface area contributed by atoms with Gasteiger partial charge >= 0.3 is 0 Å². The number of nitrogens with one attached hydrogen (secondary N) is 1. The Bertz CT molecular complexity index is 509. The number of hydrogen-bond donors (Lipinski definition) is 1. The minimum atomic E-state index is 0.712. The van der Waals surface area contributed by atoms with Crippen LogP contribution in [0.3, 0.4) is 0 Å². The second-order valence-electron chi connectivity index (χ2n) is 4.60. The normalized spacial score (nSPS) is 11.1. The van der Waals surface area contributed by atoms with Crippen LogP contribution in [0.25, 0.3) is 10.8 Å². The van der Waals surface area contributed by atoms with E-state index in [0.717, 1.165) is 23.3 Å². The van der Waals surface area contributed by atoms with Crippen LogP contribution >= 0.6 is 15.9 Å². The van der Waals surface area contributed by atoms with E-state index in [-0.39, 0.29) is 0 Å².